The van der Waals surface area contributed by atoms with Gasteiger partial charge >= 0.3 is 0 Å². The number of ketones is 1. The molecule has 3 fully saturated rings. The largest absolute Gasteiger partial charge is 0.381 e. The second-order valence-electron chi connectivity index (χ2n) is 11.3. The zero-order chi connectivity index (χ0) is 24.4. The van der Waals surface area contributed by atoms with Crippen LogP contribution >= 0.6 is 0 Å². The highest BCUT2D eigenvalue weighted by Crippen LogP contribution is 2.50. The molecule has 3 saturated heterocycles. The molecular weight excluding hydrogens is 453 g/mol. The molecule has 1 spiro atoms. The van der Waals surface area contributed by atoms with Gasteiger partial charge in [-0.1, -0.05) is 12.1 Å². The third kappa shape index (κ3) is 3.30. The molecule has 6 heteroatoms. The maximum Gasteiger partial charge on any atom is 0.195 e. The van der Waals surface area contributed by atoms with Gasteiger partial charge in [-0.05, 0) is 87.9 Å². The van der Waals surface area contributed by atoms with Crippen LogP contribution in [-0.4, -0.2) is 61.1 Å². The molecular formula is C30H34FN3O2. The van der Waals surface area contributed by atoms with Gasteiger partial charge in [0.05, 0.1) is 11.3 Å². The quantitative estimate of drug-likeness (QED) is 0.532. The summed E-state index contributed by atoms with van der Waals surface area (Å²) in [5.41, 5.74) is 5.65. The first kappa shape index (κ1) is 22.5. The fourth-order valence-electron chi connectivity index (χ4n) is 7.38. The smallest absolute Gasteiger partial charge is 0.195 e. The predicted octanol–water partition coefficient (Wildman–Crippen LogP) is 5.32. The first-order chi connectivity index (χ1) is 17.5. The topological polar surface area (TPSA) is 48.6 Å². The molecule has 4 aliphatic rings. The van der Waals surface area contributed by atoms with Crippen LogP contribution in [0.1, 0.15) is 71.3 Å². The molecule has 3 aromatic rings. The molecule has 0 radical (unpaired) electrons. The minimum Gasteiger partial charge on any atom is -0.381 e. The van der Waals surface area contributed by atoms with E-state index in [-0.39, 0.29) is 17.0 Å². The van der Waals surface area contributed by atoms with E-state index in [9.17, 15) is 4.79 Å². The molecule has 0 unspecified atom stereocenters. The number of nitrogens with one attached hydrogen (secondary N) is 1. The number of ether oxygens (including phenoxy) is 1. The summed E-state index contributed by atoms with van der Waals surface area (Å²) in [7, 11) is 0. The number of halogens is 1. The zero-order valence-corrected chi connectivity index (χ0v) is 21.0. The van der Waals surface area contributed by atoms with Gasteiger partial charge in [0, 0.05) is 59.9 Å². The molecule has 36 heavy (non-hydrogen) atoms. The Bertz CT molecular complexity index is 1340. The molecule has 188 valence electrons. The number of anilines is 1. The number of aryl methyl sites for hydroxylation is 1. The number of carbonyl (C=O) groups is 1. The summed E-state index contributed by atoms with van der Waals surface area (Å²) >= 11 is 0. The molecule has 3 aliphatic heterocycles. The van der Waals surface area contributed by atoms with Crippen molar-refractivity contribution in [2.75, 3.05) is 44.3 Å². The van der Waals surface area contributed by atoms with Crippen molar-refractivity contribution in [2.45, 2.75) is 56.9 Å². The Kier molecular flexibility index (Phi) is 5.26. The third-order valence-electron chi connectivity index (χ3n) is 9.32. The standard InChI is InChI=1S/C30H34FN3O2/c1-19-4-5-21-25(16-19)32-29-27(21)28(35)22-17-24(31)26(18-23(22)30(29)8-14-36-15-9-30)34-12-6-20(7-13-34)33-10-2-3-11-33/h4-5,16-18,20,32H,2-3,6-15H2,1H3. The fraction of sp³-hybridized carbons (Fsp3) is 0.500. The van der Waals surface area contributed by atoms with Crippen LogP contribution in [0.3, 0.4) is 0 Å². The first-order valence-corrected chi connectivity index (χ1v) is 13.6. The number of fused-ring (bicyclic) bond motifs is 6. The lowest BCUT2D eigenvalue weighted by atomic mass is 9.64. The SMILES string of the molecule is Cc1ccc2c3c([nH]c2c1)C1(CCOCC1)c1cc(N2CCC(N4CCCC4)CC2)c(F)cc1C3=O. The molecule has 1 aromatic heterocycles. The summed E-state index contributed by atoms with van der Waals surface area (Å²) in [4.78, 5) is 22.4. The van der Waals surface area contributed by atoms with Crippen LogP contribution in [0.4, 0.5) is 10.1 Å². The van der Waals surface area contributed by atoms with Crippen molar-refractivity contribution in [2.24, 2.45) is 0 Å². The molecule has 7 rings (SSSR count). The van der Waals surface area contributed by atoms with Crippen molar-refractivity contribution in [3.05, 3.63) is 64.1 Å². The van der Waals surface area contributed by atoms with E-state index in [0.29, 0.717) is 30.5 Å². The summed E-state index contributed by atoms with van der Waals surface area (Å²) in [6.45, 7) is 7.46. The monoisotopic (exact) mass is 487 g/mol. The van der Waals surface area contributed by atoms with Crippen molar-refractivity contribution < 1.29 is 13.9 Å². The van der Waals surface area contributed by atoms with Gasteiger partial charge in [0.2, 0.25) is 0 Å². The molecule has 1 N–H and O–H groups in total. The summed E-state index contributed by atoms with van der Waals surface area (Å²) in [5.74, 6) is -0.339. The summed E-state index contributed by atoms with van der Waals surface area (Å²) < 4.78 is 21.5. The predicted molar refractivity (Wildman–Crippen MR) is 140 cm³/mol. The number of hydrogen-bond acceptors (Lipinski definition) is 4. The molecule has 0 saturated carbocycles. The number of aromatic nitrogens is 1. The van der Waals surface area contributed by atoms with E-state index in [2.05, 4.69) is 27.8 Å². The number of aromatic amines is 1. The van der Waals surface area contributed by atoms with E-state index in [0.717, 1.165) is 72.1 Å². The highest BCUT2D eigenvalue weighted by molar-refractivity contribution is 6.20. The minimum absolute atomic E-state index is 0.0644. The number of rotatable bonds is 2. The summed E-state index contributed by atoms with van der Waals surface area (Å²) in [6, 6.07) is 10.4. The van der Waals surface area contributed by atoms with Crippen molar-refractivity contribution in [1.82, 2.24) is 9.88 Å². The van der Waals surface area contributed by atoms with Gasteiger partial charge in [0.15, 0.2) is 5.78 Å². The maximum atomic E-state index is 15.7. The lowest BCUT2D eigenvalue weighted by molar-refractivity contribution is 0.0601. The third-order valence-corrected chi connectivity index (χ3v) is 9.32. The van der Waals surface area contributed by atoms with E-state index < -0.39 is 0 Å². The van der Waals surface area contributed by atoms with Gasteiger partial charge in [0.1, 0.15) is 5.82 Å². The first-order valence-electron chi connectivity index (χ1n) is 13.6. The molecule has 0 atom stereocenters. The number of hydrogen-bond donors (Lipinski definition) is 1. The van der Waals surface area contributed by atoms with Gasteiger partial charge in [-0.15, -0.1) is 0 Å². The van der Waals surface area contributed by atoms with Crippen LogP contribution in [0.5, 0.6) is 0 Å². The fourth-order valence-corrected chi connectivity index (χ4v) is 7.38. The zero-order valence-electron chi connectivity index (χ0n) is 21.0. The van der Waals surface area contributed by atoms with Gasteiger partial charge < -0.3 is 19.5 Å². The van der Waals surface area contributed by atoms with Crippen LogP contribution in [-0.2, 0) is 10.2 Å². The Balaban J connectivity index is 1.31. The van der Waals surface area contributed by atoms with Crippen LogP contribution in [0, 0.1) is 12.7 Å². The Labute approximate surface area is 211 Å². The Morgan fingerprint density at radius 1 is 1.03 bits per heavy atom. The molecule has 5 nitrogen and oxygen atoms in total. The lowest BCUT2D eigenvalue weighted by Crippen LogP contribution is -2.44. The van der Waals surface area contributed by atoms with E-state index in [1.807, 2.05) is 18.2 Å². The van der Waals surface area contributed by atoms with Gasteiger partial charge in [-0.25, -0.2) is 4.39 Å². The number of benzene rings is 2. The van der Waals surface area contributed by atoms with E-state index in [1.54, 1.807) is 0 Å². The molecule has 0 amide bonds. The maximum absolute atomic E-state index is 15.7. The lowest BCUT2D eigenvalue weighted by Gasteiger charge is -2.43. The molecule has 2 aromatic carbocycles. The Morgan fingerprint density at radius 3 is 2.53 bits per heavy atom. The van der Waals surface area contributed by atoms with Crippen molar-refractivity contribution >= 4 is 22.4 Å². The van der Waals surface area contributed by atoms with E-state index in [4.69, 9.17) is 4.74 Å². The molecule has 4 heterocycles. The van der Waals surface area contributed by atoms with Crippen LogP contribution in [0.15, 0.2) is 30.3 Å². The number of nitrogens with zero attached hydrogens (tertiary/aromatic N) is 2. The molecule has 1 aliphatic carbocycles. The summed E-state index contributed by atoms with van der Waals surface area (Å²) in [6.07, 6.45) is 6.31. The number of carbonyl (C=O) groups excluding carboxylic acids is 1. The minimum atomic E-state index is -0.361. The Morgan fingerprint density at radius 2 is 1.78 bits per heavy atom. The van der Waals surface area contributed by atoms with Crippen molar-refractivity contribution in [3.63, 3.8) is 0 Å². The van der Waals surface area contributed by atoms with Crippen molar-refractivity contribution in [1.29, 1.82) is 0 Å². The Hall–Kier alpha value is -2.70. The van der Waals surface area contributed by atoms with Crippen LogP contribution in [0.25, 0.3) is 10.9 Å². The average Bonchev–Trinajstić information content (AvgIpc) is 3.57. The second kappa shape index (κ2) is 8.42. The number of H-pyrrole nitrogens is 1. The van der Waals surface area contributed by atoms with E-state index >= 15 is 4.39 Å². The highest BCUT2D eigenvalue weighted by Gasteiger charge is 2.47. The van der Waals surface area contributed by atoms with Crippen LogP contribution < -0.4 is 4.90 Å². The number of likely N-dealkylation sites (tertiary alicyclic amines) is 1. The average molecular weight is 488 g/mol. The van der Waals surface area contributed by atoms with Gasteiger partial charge in [0.25, 0.3) is 0 Å². The number of piperidine rings is 1. The second-order valence-corrected chi connectivity index (χ2v) is 11.3. The van der Waals surface area contributed by atoms with Gasteiger partial charge in [-0.3, -0.25) is 4.79 Å². The molecule has 0 bridgehead atoms. The summed E-state index contributed by atoms with van der Waals surface area (Å²) in [5, 5.41) is 0.936. The van der Waals surface area contributed by atoms with Crippen LogP contribution in [0.2, 0.25) is 0 Å². The highest BCUT2D eigenvalue weighted by atomic mass is 19.1. The normalized spacial score (nSPS) is 22.4. The van der Waals surface area contributed by atoms with Gasteiger partial charge in [-0.2, -0.15) is 0 Å². The van der Waals surface area contributed by atoms with Crippen molar-refractivity contribution in [3.8, 4) is 0 Å². The van der Waals surface area contributed by atoms with E-state index in [1.165, 1.54) is 32.0 Å².